The molecule has 1 aliphatic carbocycles. The highest BCUT2D eigenvalue weighted by Crippen LogP contribution is 2.35. The van der Waals surface area contributed by atoms with Gasteiger partial charge in [0.05, 0.1) is 13.0 Å². The Balaban J connectivity index is 1.61. The van der Waals surface area contributed by atoms with Crippen LogP contribution in [0.5, 0.6) is 11.5 Å². The molecule has 0 aromatic heterocycles. The van der Waals surface area contributed by atoms with Crippen molar-refractivity contribution in [3.8, 4) is 11.5 Å². The highest BCUT2D eigenvalue weighted by molar-refractivity contribution is 5.96. The molecule has 1 heterocycles. The molecule has 1 aromatic rings. The minimum atomic E-state index is -0.312. The second-order valence-corrected chi connectivity index (χ2v) is 6.90. The molecular formula is C21H27NO6. The van der Waals surface area contributed by atoms with Gasteiger partial charge < -0.3 is 23.8 Å². The molecule has 1 saturated carbocycles. The molecule has 1 fully saturated rings. The summed E-state index contributed by atoms with van der Waals surface area (Å²) in [5.41, 5.74) is 0. The lowest BCUT2D eigenvalue weighted by molar-refractivity contribution is -0.132. The summed E-state index contributed by atoms with van der Waals surface area (Å²) in [6, 6.07) is 7.06. The molecular weight excluding hydrogens is 362 g/mol. The lowest BCUT2D eigenvalue weighted by Crippen LogP contribution is -2.44. The van der Waals surface area contributed by atoms with Crippen LogP contribution in [0.4, 0.5) is 4.79 Å². The van der Waals surface area contributed by atoms with Crippen LogP contribution in [0, 0.1) is 5.92 Å². The number of fused-ring (bicyclic) bond motifs is 1. The lowest BCUT2D eigenvalue weighted by Gasteiger charge is -2.37. The zero-order valence-electron chi connectivity index (χ0n) is 16.6. The zero-order chi connectivity index (χ0) is 20.1. The number of carbonyl (C=O) groups is 2. The fourth-order valence-corrected chi connectivity index (χ4v) is 3.60. The Morgan fingerprint density at radius 1 is 1.21 bits per heavy atom. The van der Waals surface area contributed by atoms with Gasteiger partial charge in [-0.1, -0.05) is 6.07 Å². The third-order valence-electron chi connectivity index (χ3n) is 5.23. The summed E-state index contributed by atoms with van der Waals surface area (Å²) in [5, 5.41) is 0. The van der Waals surface area contributed by atoms with Crippen LogP contribution < -0.4 is 9.47 Å². The van der Waals surface area contributed by atoms with Gasteiger partial charge in [0.2, 0.25) is 11.5 Å². The maximum absolute atomic E-state index is 12.8. The van der Waals surface area contributed by atoms with Gasteiger partial charge in [-0.05, 0) is 38.8 Å². The summed E-state index contributed by atoms with van der Waals surface area (Å²) in [4.78, 5) is 26.6. The average molecular weight is 389 g/mol. The van der Waals surface area contributed by atoms with E-state index in [2.05, 4.69) is 0 Å². The highest BCUT2D eigenvalue weighted by atomic mass is 16.6. The van der Waals surface area contributed by atoms with Gasteiger partial charge in [0.1, 0.15) is 30.0 Å². The van der Waals surface area contributed by atoms with Crippen molar-refractivity contribution in [2.45, 2.75) is 45.3 Å². The zero-order valence-corrected chi connectivity index (χ0v) is 16.6. The third kappa shape index (κ3) is 4.40. The molecule has 3 unspecified atom stereocenters. The van der Waals surface area contributed by atoms with Crippen LogP contribution in [0.1, 0.15) is 33.1 Å². The van der Waals surface area contributed by atoms with Crippen molar-refractivity contribution in [3.05, 3.63) is 36.3 Å². The van der Waals surface area contributed by atoms with E-state index in [4.69, 9.17) is 18.9 Å². The van der Waals surface area contributed by atoms with Crippen molar-refractivity contribution in [2.75, 3.05) is 20.2 Å². The molecule has 3 atom stereocenters. The second kappa shape index (κ2) is 8.99. The second-order valence-electron chi connectivity index (χ2n) is 6.90. The number of methoxy groups -OCH3 is 1. The van der Waals surface area contributed by atoms with E-state index < -0.39 is 0 Å². The molecule has 1 aliphatic heterocycles. The Bertz CT molecular complexity index is 742. The first-order chi connectivity index (χ1) is 13.5. The van der Waals surface area contributed by atoms with Crippen LogP contribution in [-0.4, -0.2) is 49.2 Å². The van der Waals surface area contributed by atoms with Crippen molar-refractivity contribution in [1.82, 2.24) is 4.90 Å². The first-order valence-corrected chi connectivity index (χ1v) is 9.73. The highest BCUT2D eigenvalue weighted by Gasteiger charge is 2.42. The number of nitrogens with zero attached hydrogens (tertiary/aromatic N) is 1. The van der Waals surface area contributed by atoms with Gasteiger partial charge in [-0.15, -0.1) is 0 Å². The van der Waals surface area contributed by atoms with E-state index in [1.165, 1.54) is 6.26 Å². The number of carbonyl (C=O) groups excluding carboxylic acids is 2. The molecule has 2 aliphatic rings. The van der Waals surface area contributed by atoms with E-state index >= 15 is 0 Å². The maximum Gasteiger partial charge on any atom is 0.410 e. The number of hydrogen-bond acceptors (Lipinski definition) is 6. The Hall–Kier alpha value is -2.70. The van der Waals surface area contributed by atoms with E-state index in [9.17, 15) is 9.59 Å². The molecule has 152 valence electrons. The van der Waals surface area contributed by atoms with Gasteiger partial charge in [-0.25, -0.2) is 4.79 Å². The fraction of sp³-hybridized carbons (Fsp3) is 0.524. The molecule has 7 heteroatoms. The molecule has 28 heavy (non-hydrogen) atoms. The van der Waals surface area contributed by atoms with E-state index in [1.54, 1.807) is 36.3 Å². The van der Waals surface area contributed by atoms with Crippen LogP contribution in [0.15, 0.2) is 36.3 Å². The van der Waals surface area contributed by atoms with Crippen molar-refractivity contribution >= 4 is 11.9 Å². The Kier molecular flexibility index (Phi) is 6.44. The summed E-state index contributed by atoms with van der Waals surface area (Å²) >= 11 is 0. The Morgan fingerprint density at radius 2 is 1.96 bits per heavy atom. The van der Waals surface area contributed by atoms with Crippen LogP contribution in [0.2, 0.25) is 0 Å². The molecule has 1 aromatic carbocycles. The van der Waals surface area contributed by atoms with Crippen molar-refractivity contribution in [3.63, 3.8) is 0 Å². The largest absolute Gasteiger partial charge is 0.497 e. The van der Waals surface area contributed by atoms with E-state index in [1.807, 2.05) is 13.8 Å². The Labute approximate surface area is 165 Å². The number of allylic oxidation sites excluding steroid dienone is 1. The molecule has 0 spiro atoms. The fourth-order valence-electron chi connectivity index (χ4n) is 3.60. The molecule has 7 nitrogen and oxygen atoms in total. The maximum atomic E-state index is 12.8. The van der Waals surface area contributed by atoms with Crippen molar-refractivity contribution in [1.29, 1.82) is 0 Å². The van der Waals surface area contributed by atoms with Crippen LogP contribution in [0.3, 0.4) is 0 Å². The number of ketones is 1. The van der Waals surface area contributed by atoms with Crippen molar-refractivity contribution < 1.29 is 28.5 Å². The summed E-state index contributed by atoms with van der Waals surface area (Å²) < 4.78 is 22.3. The number of benzene rings is 1. The van der Waals surface area contributed by atoms with E-state index in [0.29, 0.717) is 43.9 Å². The normalized spacial score (nSPS) is 23.8. The number of rotatable bonds is 6. The minimum Gasteiger partial charge on any atom is -0.497 e. The Morgan fingerprint density at radius 3 is 2.68 bits per heavy atom. The van der Waals surface area contributed by atoms with Crippen molar-refractivity contribution in [2.24, 2.45) is 5.92 Å². The molecule has 1 amide bonds. The topological polar surface area (TPSA) is 74.3 Å². The van der Waals surface area contributed by atoms with Gasteiger partial charge in [-0.3, -0.25) is 4.79 Å². The van der Waals surface area contributed by atoms with E-state index in [-0.39, 0.29) is 35.8 Å². The number of Topliss-reactive ketones (excluding diaryl/α,β-unsaturated/α-hetero) is 1. The summed E-state index contributed by atoms with van der Waals surface area (Å²) in [6.45, 7) is 5.05. The van der Waals surface area contributed by atoms with Gasteiger partial charge in [0, 0.05) is 25.6 Å². The smallest absolute Gasteiger partial charge is 0.410 e. The molecule has 3 rings (SSSR count). The number of hydrogen-bond donors (Lipinski definition) is 0. The lowest BCUT2D eigenvalue weighted by atomic mass is 9.80. The number of amides is 1. The predicted octanol–water partition coefficient (Wildman–Crippen LogP) is 3.53. The molecule has 0 radical (unpaired) electrons. The summed E-state index contributed by atoms with van der Waals surface area (Å²) in [5.74, 6) is 0.994. The first kappa shape index (κ1) is 20.0. The average Bonchev–Trinajstić information content (AvgIpc) is 2.71. The summed E-state index contributed by atoms with van der Waals surface area (Å²) in [6.07, 6.45) is 2.26. The first-order valence-electron chi connectivity index (χ1n) is 9.73. The third-order valence-corrected chi connectivity index (χ3v) is 5.23. The SMILES string of the molecule is CCN(CC)C(=O)OC1CCC2C(=O)C(Oc3cccc(OC)c3)=COC2C1. The predicted molar refractivity (Wildman–Crippen MR) is 102 cm³/mol. The van der Waals surface area contributed by atoms with Gasteiger partial charge >= 0.3 is 6.09 Å². The van der Waals surface area contributed by atoms with Gasteiger partial charge in [-0.2, -0.15) is 0 Å². The summed E-state index contributed by atoms with van der Waals surface area (Å²) in [7, 11) is 1.57. The molecule has 0 N–H and O–H groups in total. The standard InChI is InChI=1S/C21H27NO6/c1-4-22(5-2)21(24)28-16-9-10-17-18(12-16)26-13-19(20(17)23)27-15-8-6-7-14(11-15)25-3/h6-8,11,13,16-18H,4-5,9-10,12H2,1-3H3. The van der Waals surface area contributed by atoms with E-state index in [0.717, 1.165) is 0 Å². The van der Waals surface area contributed by atoms with Crippen LogP contribution in [-0.2, 0) is 14.3 Å². The quantitative estimate of drug-likeness (QED) is 0.741. The van der Waals surface area contributed by atoms with Crippen LogP contribution in [0.25, 0.3) is 0 Å². The number of ether oxygens (including phenoxy) is 4. The van der Waals surface area contributed by atoms with Crippen LogP contribution >= 0.6 is 0 Å². The van der Waals surface area contributed by atoms with Gasteiger partial charge in [0.15, 0.2) is 0 Å². The molecule has 0 saturated heterocycles. The monoisotopic (exact) mass is 389 g/mol. The molecule has 0 bridgehead atoms. The van der Waals surface area contributed by atoms with Gasteiger partial charge in [0.25, 0.3) is 0 Å². The minimum absolute atomic E-state index is 0.0763.